The minimum Gasteiger partial charge on any atom is -0.487 e. The van der Waals surface area contributed by atoms with E-state index in [1.807, 2.05) is 32.0 Å². The van der Waals surface area contributed by atoms with Crippen molar-refractivity contribution in [2.24, 2.45) is 0 Å². The summed E-state index contributed by atoms with van der Waals surface area (Å²) in [6, 6.07) is 5.41. The molecule has 92 valence electrons. The zero-order chi connectivity index (χ0) is 12.6. The van der Waals surface area contributed by atoms with Gasteiger partial charge in [0.25, 0.3) is 0 Å². The van der Waals surface area contributed by atoms with Crippen LogP contribution in [0.25, 0.3) is 0 Å². The predicted octanol–water partition coefficient (Wildman–Crippen LogP) is 3.32. The van der Waals surface area contributed by atoms with Crippen LogP contribution in [-0.2, 0) is 0 Å². The molecular formula is C12H14BrNO3. The van der Waals surface area contributed by atoms with Gasteiger partial charge < -0.3 is 15.2 Å². The highest BCUT2D eigenvalue weighted by molar-refractivity contribution is 9.10. The molecule has 1 heterocycles. The molecule has 17 heavy (non-hydrogen) atoms. The molecule has 0 spiro atoms. The van der Waals surface area contributed by atoms with Gasteiger partial charge in [-0.05, 0) is 32.0 Å². The molecule has 1 aliphatic heterocycles. The SMILES string of the molecule is CC1(C)CC(NC(=O)O)c2cc(Br)ccc2O1. The van der Waals surface area contributed by atoms with Crippen molar-refractivity contribution in [1.82, 2.24) is 5.32 Å². The van der Waals surface area contributed by atoms with Crippen molar-refractivity contribution in [2.45, 2.75) is 31.9 Å². The number of rotatable bonds is 1. The molecule has 4 nitrogen and oxygen atoms in total. The molecule has 0 saturated carbocycles. The molecule has 1 amide bonds. The summed E-state index contributed by atoms with van der Waals surface area (Å²) in [7, 11) is 0. The molecule has 1 aliphatic rings. The van der Waals surface area contributed by atoms with E-state index in [1.165, 1.54) is 0 Å². The van der Waals surface area contributed by atoms with Crippen molar-refractivity contribution in [3.05, 3.63) is 28.2 Å². The summed E-state index contributed by atoms with van der Waals surface area (Å²) in [6.07, 6.45) is -0.401. The van der Waals surface area contributed by atoms with Gasteiger partial charge >= 0.3 is 6.09 Å². The largest absolute Gasteiger partial charge is 0.487 e. The number of amides is 1. The van der Waals surface area contributed by atoms with Crippen molar-refractivity contribution in [3.63, 3.8) is 0 Å². The van der Waals surface area contributed by atoms with Crippen LogP contribution in [0.4, 0.5) is 4.79 Å². The van der Waals surface area contributed by atoms with E-state index in [4.69, 9.17) is 9.84 Å². The number of hydrogen-bond donors (Lipinski definition) is 2. The van der Waals surface area contributed by atoms with Gasteiger partial charge in [0, 0.05) is 16.5 Å². The number of ether oxygens (including phenoxy) is 1. The normalized spacial score (nSPS) is 21.2. The lowest BCUT2D eigenvalue weighted by molar-refractivity contribution is 0.0659. The Morgan fingerprint density at radius 3 is 2.94 bits per heavy atom. The molecular weight excluding hydrogens is 286 g/mol. The van der Waals surface area contributed by atoms with Crippen molar-refractivity contribution in [1.29, 1.82) is 0 Å². The van der Waals surface area contributed by atoms with E-state index in [0.717, 1.165) is 15.8 Å². The molecule has 1 atom stereocenters. The standard InChI is InChI=1S/C12H14BrNO3/c1-12(2)6-9(14-11(15)16)8-5-7(13)3-4-10(8)17-12/h3-5,9,14H,6H2,1-2H3,(H,15,16). The van der Waals surface area contributed by atoms with Crippen molar-refractivity contribution in [3.8, 4) is 5.75 Å². The lowest BCUT2D eigenvalue weighted by atomic mass is 9.90. The van der Waals surface area contributed by atoms with Crippen molar-refractivity contribution >= 4 is 22.0 Å². The molecule has 0 aromatic heterocycles. The summed E-state index contributed by atoms with van der Waals surface area (Å²) in [5.74, 6) is 0.739. The molecule has 1 aromatic rings. The van der Waals surface area contributed by atoms with Gasteiger partial charge in [-0.2, -0.15) is 0 Å². The molecule has 2 rings (SSSR count). The van der Waals surface area contributed by atoms with E-state index >= 15 is 0 Å². The van der Waals surface area contributed by atoms with Crippen molar-refractivity contribution in [2.75, 3.05) is 0 Å². The summed E-state index contributed by atoms with van der Waals surface area (Å²) in [5.41, 5.74) is 0.509. The van der Waals surface area contributed by atoms with Crippen LogP contribution in [-0.4, -0.2) is 16.8 Å². The molecule has 0 saturated heterocycles. The fraction of sp³-hybridized carbons (Fsp3) is 0.417. The maximum atomic E-state index is 10.8. The topological polar surface area (TPSA) is 58.6 Å². The summed E-state index contributed by atoms with van der Waals surface area (Å²) in [4.78, 5) is 10.8. The Labute approximate surface area is 108 Å². The second kappa shape index (κ2) is 4.22. The minimum atomic E-state index is -1.02. The highest BCUT2D eigenvalue weighted by Gasteiger charge is 2.34. The van der Waals surface area contributed by atoms with Gasteiger partial charge in [0.15, 0.2) is 0 Å². The average molecular weight is 300 g/mol. The quantitative estimate of drug-likeness (QED) is 0.836. The van der Waals surface area contributed by atoms with E-state index in [9.17, 15) is 4.79 Å². The number of fused-ring (bicyclic) bond motifs is 1. The van der Waals surface area contributed by atoms with Gasteiger partial charge in [0.05, 0.1) is 6.04 Å². The Hall–Kier alpha value is -1.23. The fourth-order valence-electron chi connectivity index (χ4n) is 2.10. The second-order valence-corrected chi connectivity index (χ2v) is 5.67. The van der Waals surface area contributed by atoms with E-state index in [1.54, 1.807) is 0 Å². The summed E-state index contributed by atoms with van der Waals surface area (Å²) in [6.45, 7) is 3.91. The smallest absolute Gasteiger partial charge is 0.405 e. The molecule has 1 aromatic carbocycles. The van der Waals surface area contributed by atoms with Crippen LogP contribution in [0.2, 0.25) is 0 Å². The van der Waals surface area contributed by atoms with Gasteiger partial charge in [-0.25, -0.2) is 4.79 Å². The zero-order valence-corrected chi connectivity index (χ0v) is 11.2. The Kier molecular flexibility index (Phi) is 3.03. The Balaban J connectivity index is 2.40. The first kappa shape index (κ1) is 12.2. The van der Waals surface area contributed by atoms with Gasteiger partial charge in [-0.1, -0.05) is 15.9 Å². The lowest BCUT2D eigenvalue weighted by Gasteiger charge is -2.37. The number of benzene rings is 1. The summed E-state index contributed by atoms with van der Waals surface area (Å²) >= 11 is 3.38. The van der Waals surface area contributed by atoms with Crippen molar-refractivity contribution < 1.29 is 14.6 Å². The van der Waals surface area contributed by atoms with E-state index in [2.05, 4.69) is 21.2 Å². The van der Waals surface area contributed by atoms with Crippen LogP contribution in [0.15, 0.2) is 22.7 Å². The highest BCUT2D eigenvalue weighted by Crippen LogP contribution is 2.40. The van der Waals surface area contributed by atoms with Crippen LogP contribution in [0.5, 0.6) is 5.75 Å². The first-order valence-corrected chi connectivity index (χ1v) is 6.15. The molecule has 0 bridgehead atoms. The fourth-order valence-corrected chi connectivity index (χ4v) is 2.48. The van der Waals surface area contributed by atoms with Gasteiger partial charge in [-0.15, -0.1) is 0 Å². The summed E-state index contributed by atoms with van der Waals surface area (Å²) < 4.78 is 6.75. The van der Waals surface area contributed by atoms with E-state index in [-0.39, 0.29) is 11.6 Å². The minimum absolute atomic E-state index is 0.233. The van der Waals surface area contributed by atoms with Crippen LogP contribution < -0.4 is 10.1 Å². The maximum Gasteiger partial charge on any atom is 0.405 e. The first-order chi connectivity index (χ1) is 7.87. The predicted molar refractivity (Wildman–Crippen MR) is 67.4 cm³/mol. The number of nitrogens with one attached hydrogen (secondary N) is 1. The molecule has 0 radical (unpaired) electrons. The molecule has 0 aliphatic carbocycles. The Morgan fingerprint density at radius 2 is 2.29 bits per heavy atom. The third-order valence-corrected chi connectivity index (χ3v) is 3.22. The third-order valence-electron chi connectivity index (χ3n) is 2.73. The second-order valence-electron chi connectivity index (χ2n) is 4.75. The molecule has 5 heteroatoms. The number of carboxylic acid groups (broad SMARTS) is 1. The van der Waals surface area contributed by atoms with Crippen LogP contribution >= 0.6 is 15.9 Å². The Bertz CT molecular complexity index is 459. The number of carbonyl (C=O) groups is 1. The maximum absolute atomic E-state index is 10.8. The highest BCUT2D eigenvalue weighted by atomic mass is 79.9. The van der Waals surface area contributed by atoms with Crippen LogP contribution in [0.1, 0.15) is 31.9 Å². The summed E-state index contributed by atoms with van der Waals surface area (Å²) in [5, 5.41) is 11.4. The zero-order valence-electron chi connectivity index (χ0n) is 9.66. The van der Waals surface area contributed by atoms with E-state index < -0.39 is 6.09 Å². The molecule has 1 unspecified atom stereocenters. The van der Waals surface area contributed by atoms with Gasteiger partial charge in [0.1, 0.15) is 11.4 Å². The average Bonchev–Trinajstić information content (AvgIpc) is 2.17. The Morgan fingerprint density at radius 1 is 1.59 bits per heavy atom. The van der Waals surface area contributed by atoms with Gasteiger partial charge in [0.2, 0.25) is 0 Å². The first-order valence-electron chi connectivity index (χ1n) is 5.35. The lowest BCUT2D eigenvalue weighted by Crippen LogP contribution is -2.40. The number of halogens is 1. The molecule has 2 N–H and O–H groups in total. The number of hydrogen-bond acceptors (Lipinski definition) is 2. The monoisotopic (exact) mass is 299 g/mol. The van der Waals surface area contributed by atoms with Gasteiger partial charge in [-0.3, -0.25) is 0 Å². The van der Waals surface area contributed by atoms with Crippen LogP contribution in [0.3, 0.4) is 0 Å². The third kappa shape index (κ3) is 2.72. The molecule has 0 fully saturated rings. The van der Waals surface area contributed by atoms with E-state index in [0.29, 0.717) is 6.42 Å². The van der Waals surface area contributed by atoms with Crippen LogP contribution in [0, 0.1) is 0 Å².